The number of nitrogens with zero attached hydrogens (tertiary/aromatic N) is 5. The number of fused-ring (bicyclic) bond motifs is 1. The van der Waals surface area contributed by atoms with E-state index in [1.165, 1.54) is 16.8 Å². The first-order chi connectivity index (χ1) is 21.8. The highest BCUT2D eigenvalue weighted by Crippen LogP contribution is 2.40. The monoisotopic (exact) mass is 617 g/mol. The molecule has 0 saturated carbocycles. The number of benzene rings is 3. The Balaban J connectivity index is 1.22. The highest BCUT2D eigenvalue weighted by molar-refractivity contribution is 5.81. The van der Waals surface area contributed by atoms with E-state index in [0.717, 1.165) is 17.0 Å². The second kappa shape index (κ2) is 13.3. The molecule has 4 aromatic rings. The second-order valence-electron chi connectivity index (χ2n) is 11.2. The predicted octanol–water partition coefficient (Wildman–Crippen LogP) is 3.47. The Morgan fingerprint density at radius 1 is 1.04 bits per heavy atom. The molecule has 0 aliphatic carbocycles. The van der Waals surface area contributed by atoms with Gasteiger partial charge < -0.3 is 33.9 Å². The second-order valence-corrected chi connectivity index (χ2v) is 11.2. The number of halogens is 1. The summed E-state index contributed by atoms with van der Waals surface area (Å²) in [6.45, 7) is 1.05. The molecule has 12 heteroatoms. The van der Waals surface area contributed by atoms with Gasteiger partial charge in [-0.05, 0) is 36.4 Å². The van der Waals surface area contributed by atoms with Crippen molar-refractivity contribution in [3.63, 3.8) is 0 Å². The number of rotatable bonds is 9. The van der Waals surface area contributed by atoms with E-state index in [1.54, 1.807) is 37.4 Å². The third-order valence-electron chi connectivity index (χ3n) is 8.29. The van der Waals surface area contributed by atoms with Gasteiger partial charge in [-0.3, -0.25) is 4.79 Å². The number of hydrogen-bond acceptors (Lipinski definition) is 9. The van der Waals surface area contributed by atoms with Crippen LogP contribution in [0.25, 0.3) is 11.3 Å². The number of methoxy groups -OCH3 is 1. The lowest BCUT2D eigenvalue weighted by Gasteiger charge is -2.48. The molecule has 6 atom stereocenters. The summed E-state index contributed by atoms with van der Waals surface area (Å²) in [5, 5.41) is 20.3. The van der Waals surface area contributed by atoms with Crippen LogP contribution in [0.15, 0.2) is 85.1 Å². The molecule has 0 radical (unpaired) electrons. The van der Waals surface area contributed by atoms with E-state index in [0.29, 0.717) is 24.3 Å². The Hall–Kier alpha value is -4.36. The minimum atomic E-state index is -1.34. The van der Waals surface area contributed by atoms with Gasteiger partial charge in [-0.1, -0.05) is 47.7 Å². The van der Waals surface area contributed by atoms with Crippen LogP contribution in [0.1, 0.15) is 17.9 Å². The largest absolute Gasteiger partial charge is 0.497 e. The van der Waals surface area contributed by atoms with Gasteiger partial charge in [0.15, 0.2) is 12.4 Å². The number of anilines is 1. The van der Waals surface area contributed by atoms with Gasteiger partial charge in [0.05, 0.1) is 19.9 Å². The Labute approximate surface area is 260 Å². The van der Waals surface area contributed by atoms with Crippen molar-refractivity contribution < 1.29 is 33.2 Å². The van der Waals surface area contributed by atoms with Gasteiger partial charge in [0, 0.05) is 44.0 Å². The van der Waals surface area contributed by atoms with Crippen molar-refractivity contribution in [2.75, 3.05) is 45.8 Å². The lowest BCUT2D eigenvalue weighted by Crippen LogP contribution is -2.62. The molecule has 6 rings (SSSR count). The maximum absolute atomic E-state index is 14.0. The van der Waals surface area contributed by atoms with E-state index >= 15 is 0 Å². The molecule has 2 fully saturated rings. The average molecular weight is 618 g/mol. The number of carbonyl (C=O) groups is 1. The molecule has 0 spiro atoms. The fourth-order valence-electron chi connectivity index (χ4n) is 5.70. The average Bonchev–Trinajstić information content (AvgIpc) is 3.56. The van der Waals surface area contributed by atoms with Crippen LogP contribution in [0.5, 0.6) is 5.75 Å². The smallest absolute Gasteiger partial charge is 0.254 e. The van der Waals surface area contributed by atoms with Gasteiger partial charge >= 0.3 is 0 Å². The van der Waals surface area contributed by atoms with Gasteiger partial charge in [-0.25, -0.2) is 9.07 Å². The summed E-state index contributed by atoms with van der Waals surface area (Å²) in [7, 11) is 5.23. The Bertz CT molecular complexity index is 1590. The lowest BCUT2D eigenvalue weighted by molar-refractivity contribution is -0.313. The summed E-state index contributed by atoms with van der Waals surface area (Å²) in [6, 6.07) is 22.3. The molecular formula is C33H36FN5O6. The lowest BCUT2D eigenvalue weighted by atomic mass is 9.91. The van der Waals surface area contributed by atoms with Crippen LogP contribution in [0.4, 0.5) is 10.1 Å². The molecule has 0 bridgehead atoms. The number of carbonyl (C=O) groups excluding carboxylic acids is 1. The topological polar surface area (TPSA) is 111 Å². The highest BCUT2D eigenvalue weighted by Gasteiger charge is 2.53. The number of aromatic nitrogens is 3. The molecule has 1 aromatic heterocycles. The number of aliphatic hydroxyl groups excluding tert-OH is 1. The number of ether oxygens (including phenoxy) is 4. The van der Waals surface area contributed by atoms with E-state index in [1.807, 2.05) is 66.5 Å². The van der Waals surface area contributed by atoms with Crippen molar-refractivity contribution in [1.82, 2.24) is 19.9 Å². The molecule has 2 aliphatic heterocycles. The Morgan fingerprint density at radius 3 is 2.56 bits per heavy atom. The van der Waals surface area contributed by atoms with E-state index in [2.05, 4.69) is 10.3 Å². The van der Waals surface area contributed by atoms with Crippen LogP contribution in [-0.4, -0.2) is 96.2 Å². The first-order valence-corrected chi connectivity index (χ1v) is 14.8. The zero-order chi connectivity index (χ0) is 31.5. The summed E-state index contributed by atoms with van der Waals surface area (Å²) >= 11 is 0. The minimum absolute atomic E-state index is 0.132. The van der Waals surface area contributed by atoms with Crippen molar-refractivity contribution in [3.8, 4) is 17.0 Å². The Kier molecular flexibility index (Phi) is 9.08. The van der Waals surface area contributed by atoms with Crippen LogP contribution >= 0.6 is 0 Å². The third kappa shape index (κ3) is 6.54. The summed E-state index contributed by atoms with van der Waals surface area (Å²) in [4.78, 5) is 17.3. The number of likely N-dealkylation sites (N-methyl/N-ethyl adjacent to an activating group) is 2. The molecule has 236 valence electrons. The number of hydrogen-bond donors (Lipinski definition) is 1. The molecule has 11 nitrogen and oxygen atoms in total. The van der Waals surface area contributed by atoms with Crippen molar-refractivity contribution in [2.24, 2.45) is 0 Å². The van der Waals surface area contributed by atoms with E-state index in [9.17, 15) is 14.3 Å². The van der Waals surface area contributed by atoms with Crippen molar-refractivity contribution in [1.29, 1.82) is 0 Å². The number of aliphatic hydroxyl groups is 1. The van der Waals surface area contributed by atoms with Gasteiger partial charge in [0.1, 0.15) is 41.6 Å². The van der Waals surface area contributed by atoms with Crippen LogP contribution in [0.2, 0.25) is 0 Å². The standard InChI is InChI=1S/C33H36FN5O6/c1-37(24-12-14-25(42-3)15-13-24)16-17-38(2)32(41)31-29(40)28(39-19-26(35-36-39)22-10-7-11-23(34)18-22)30-27(44-31)20-43-33(45-30)21-8-5-4-6-9-21/h4-15,18-19,27-31,33,40H,16-17,20H2,1-3H3/t27-,28-,29-,30+,31-,33?/m1/s1. The Morgan fingerprint density at radius 2 is 1.82 bits per heavy atom. The van der Waals surface area contributed by atoms with Crippen molar-refractivity contribution in [3.05, 3.63) is 96.4 Å². The molecule has 3 heterocycles. The summed E-state index contributed by atoms with van der Waals surface area (Å²) in [5.74, 6) is -0.0281. The van der Waals surface area contributed by atoms with Crippen LogP contribution < -0.4 is 9.64 Å². The van der Waals surface area contributed by atoms with E-state index in [-0.39, 0.29) is 12.5 Å². The molecule has 45 heavy (non-hydrogen) atoms. The quantitative estimate of drug-likeness (QED) is 0.302. The van der Waals surface area contributed by atoms with Crippen molar-refractivity contribution >= 4 is 11.6 Å². The number of amides is 1. The van der Waals surface area contributed by atoms with Gasteiger partial charge in [0.25, 0.3) is 5.91 Å². The van der Waals surface area contributed by atoms with Crippen LogP contribution in [-0.2, 0) is 19.0 Å². The molecular weight excluding hydrogens is 581 g/mol. The normalized spacial score (nSPS) is 24.5. The van der Waals surface area contributed by atoms with Crippen LogP contribution in [0, 0.1) is 5.82 Å². The molecule has 2 aliphatic rings. The van der Waals surface area contributed by atoms with Gasteiger partial charge in [-0.15, -0.1) is 5.10 Å². The first kappa shape index (κ1) is 30.7. The fraction of sp³-hybridized carbons (Fsp3) is 0.364. The SMILES string of the molecule is COc1ccc(N(C)CCN(C)C(=O)[C@@H]2O[C@@H]3COC(c4ccccc4)O[C@@H]3[C@H](n3cc(-c4cccc(F)c4)nn3)[C@H]2O)cc1. The molecule has 1 N–H and O–H groups in total. The summed E-state index contributed by atoms with van der Waals surface area (Å²) < 4.78 is 39.3. The zero-order valence-corrected chi connectivity index (χ0v) is 25.3. The molecule has 1 unspecified atom stereocenters. The van der Waals surface area contributed by atoms with E-state index in [4.69, 9.17) is 18.9 Å². The highest BCUT2D eigenvalue weighted by atomic mass is 19.1. The van der Waals surface area contributed by atoms with Gasteiger partial charge in [-0.2, -0.15) is 0 Å². The van der Waals surface area contributed by atoms with Crippen molar-refractivity contribution in [2.45, 2.75) is 36.7 Å². The predicted molar refractivity (Wildman–Crippen MR) is 163 cm³/mol. The van der Waals surface area contributed by atoms with E-state index < -0.39 is 42.6 Å². The molecule has 1 amide bonds. The maximum Gasteiger partial charge on any atom is 0.254 e. The maximum atomic E-state index is 14.0. The molecule has 3 aromatic carbocycles. The molecule has 2 saturated heterocycles. The first-order valence-electron chi connectivity index (χ1n) is 14.8. The zero-order valence-electron chi connectivity index (χ0n) is 25.3. The summed E-state index contributed by atoms with van der Waals surface area (Å²) in [5.41, 5.74) is 2.72. The third-order valence-corrected chi connectivity index (χ3v) is 8.29. The van der Waals surface area contributed by atoms with Crippen LogP contribution in [0.3, 0.4) is 0 Å². The summed E-state index contributed by atoms with van der Waals surface area (Å²) in [6.07, 6.45) is -3.04. The van der Waals surface area contributed by atoms with Gasteiger partial charge in [0.2, 0.25) is 0 Å². The fourth-order valence-corrected chi connectivity index (χ4v) is 5.70. The minimum Gasteiger partial charge on any atom is -0.497 e.